The second-order valence-corrected chi connectivity index (χ2v) is 9.44. The van der Waals surface area contributed by atoms with Crippen LogP contribution < -0.4 is 5.32 Å². The molecule has 1 aliphatic heterocycles. The first-order chi connectivity index (χ1) is 15.8. The average molecular weight is 559 g/mol. The summed E-state index contributed by atoms with van der Waals surface area (Å²) in [6, 6.07) is 7.20. The lowest BCUT2D eigenvalue weighted by Crippen LogP contribution is -2.33. The maximum Gasteiger partial charge on any atom is 0.254 e. The fraction of sp³-hybridized carbons (Fsp3) is 0.280. The Morgan fingerprint density at radius 2 is 2.09 bits per heavy atom. The summed E-state index contributed by atoms with van der Waals surface area (Å²) >= 11 is 2.26. The maximum atomic E-state index is 14.8. The van der Waals surface area contributed by atoms with Gasteiger partial charge in [-0.1, -0.05) is 24.3 Å². The van der Waals surface area contributed by atoms with Crippen molar-refractivity contribution in [2.24, 2.45) is 5.92 Å². The van der Waals surface area contributed by atoms with Gasteiger partial charge in [0.2, 0.25) is 5.91 Å². The van der Waals surface area contributed by atoms with E-state index in [0.717, 1.165) is 10.0 Å². The molecule has 1 aliphatic carbocycles. The van der Waals surface area contributed by atoms with E-state index in [0.29, 0.717) is 35.5 Å². The summed E-state index contributed by atoms with van der Waals surface area (Å²) in [6.07, 6.45) is 8.83. The first-order valence-corrected chi connectivity index (χ1v) is 11.8. The van der Waals surface area contributed by atoms with Crippen LogP contribution in [-0.4, -0.2) is 34.0 Å². The van der Waals surface area contributed by atoms with Crippen molar-refractivity contribution in [1.82, 2.24) is 9.88 Å². The molecule has 0 bridgehead atoms. The SMILES string of the molecule is CC(=O)c1ccc(NC(=O)CCC2c3c(F)cccc3C(=O)N2CC2C=CC(I)=CC2)nc1. The van der Waals surface area contributed by atoms with Gasteiger partial charge in [0.15, 0.2) is 5.78 Å². The third-order valence-corrected chi connectivity index (χ3v) is 6.71. The number of ketones is 1. The number of Topliss-reactive ketones (excluding diaryl/α,β-unsaturated/α-hetero) is 1. The van der Waals surface area contributed by atoms with Gasteiger partial charge in [0.25, 0.3) is 5.91 Å². The van der Waals surface area contributed by atoms with Gasteiger partial charge in [0.05, 0.1) is 6.04 Å². The fourth-order valence-electron chi connectivity index (χ4n) is 4.20. The Labute approximate surface area is 205 Å². The molecule has 2 unspecified atom stereocenters. The molecule has 2 aromatic rings. The van der Waals surface area contributed by atoms with E-state index in [1.54, 1.807) is 29.2 Å². The fourth-order valence-corrected chi connectivity index (χ4v) is 4.66. The predicted molar refractivity (Wildman–Crippen MR) is 132 cm³/mol. The van der Waals surface area contributed by atoms with Crippen LogP contribution in [0.3, 0.4) is 0 Å². The minimum atomic E-state index is -0.508. The van der Waals surface area contributed by atoms with Crippen LogP contribution in [0.25, 0.3) is 0 Å². The Hall–Kier alpha value is -2.88. The van der Waals surface area contributed by atoms with Crippen molar-refractivity contribution in [2.45, 2.75) is 32.2 Å². The van der Waals surface area contributed by atoms with Crippen LogP contribution in [0.2, 0.25) is 0 Å². The summed E-state index contributed by atoms with van der Waals surface area (Å²) in [5.41, 5.74) is 1.19. The number of benzene rings is 1. The molecule has 2 aliphatic rings. The Kier molecular flexibility index (Phi) is 7.02. The zero-order chi connectivity index (χ0) is 23.5. The van der Waals surface area contributed by atoms with Crippen LogP contribution in [0.1, 0.15) is 58.5 Å². The van der Waals surface area contributed by atoms with Gasteiger partial charge < -0.3 is 10.2 Å². The number of anilines is 1. The highest BCUT2D eigenvalue weighted by Gasteiger charge is 2.39. The van der Waals surface area contributed by atoms with E-state index in [9.17, 15) is 18.8 Å². The molecule has 33 heavy (non-hydrogen) atoms. The van der Waals surface area contributed by atoms with Crippen molar-refractivity contribution in [3.05, 3.63) is 80.8 Å². The third kappa shape index (κ3) is 5.21. The molecule has 8 heteroatoms. The molecule has 0 radical (unpaired) electrons. The van der Waals surface area contributed by atoms with Gasteiger partial charge in [-0.25, -0.2) is 9.37 Å². The summed E-state index contributed by atoms with van der Waals surface area (Å²) in [6.45, 7) is 1.91. The number of nitrogens with one attached hydrogen (secondary N) is 1. The largest absolute Gasteiger partial charge is 0.331 e. The van der Waals surface area contributed by atoms with E-state index in [2.05, 4.69) is 45.0 Å². The molecule has 2 heterocycles. The highest BCUT2D eigenvalue weighted by Crippen LogP contribution is 2.39. The summed E-state index contributed by atoms with van der Waals surface area (Å²) in [4.78, 5) is 42.8. The van der Waals surface area contributed by atoms with E-state index >= 15 is 0 Å². The second kappa shape index (κ2) is 9.94. The van der Waals surface area contributed by atoms with Crippen LogP contribution >= 0.6 is 22.6 Å². The number of carbonyl (C=O) groups is 3. The number of aromatic nitrogens is 1. The van der Waals surface area contributed by atoms with E-state index < -0.39 is 11.9 Å². The van der Waals surface area contributed by atoms with Crippen LogP contribution in [0.5, 0.6) is 0 Å². The zero-order valence-corrected chi connectivity index (χ0v) is 20.2. The van der Waals surface area contributed by atoms with Gasteiger partial charge >= 0.3 is 0 Å². The highest BCUT2D eigenvalue weighted by atomic mass is 127. The van der Waals surface area contributed by atoms with Crippen molar-refractivity contribution in [3.63, 3.8) is 0 Å². The number of hydrogen-bond acceptors (Lipinski definition) is 4. The predicted octanol–water partition coefficient (Wildman–Crippen LogP) is 5.23. The minimum absolute atomic E-state index is 0.0939. The number of hydrogen-bond donors (Lipinski definition) is 1. The van der Waals surface area contributed by atoms with Crippen molar-refractivity contribution >= 4 is 46.0 Å². The smallest absolute Gasteiger partial charge is 0.254 e. The van der Waals surface area contributed by atoms with Crippen molar-refractivity contribution < 1.29 is 18.8 Å². The molecular formula is C25H23FIN3O3. The lowest BCUT2D eigenvalue weighted by Gasteiger charge is -2.29. The Bertz CT molecular complexity index is 1160. The van der Waals surface area contributed by atoms with Crippen molar-refractivity contribution in [2.75, 3.05) is 11.9 Å². The van der Waals surface area contributed by atoms with Gasteiger partial charge in [-0.15, -0.1) is 0 Å². The molecule has 2 amide bonds. The van der Waals surface area contributed by atoms with Crippen LogP contribution in [0, 0.1) is 11.7 Å². The molecule has 0 saturated carbocycles. The first kappa shape index (κ1) is 23.3. The third-order valence-electron chi connectivity index (χ3n) is 5.91. The monoisotopic (exact) mass is 559 g/mol. The molecule has 170 valence electrons. The van der Waals surface area contributed by atoms with Gasteiger partial charge in [-0.3, -0.25) is 14.4 Å². The molecule has 1 aromatic carbocycles. The van der Waals surface area contributed by atoms with Crippen molar-refractivity contribution in [1.29, 1.82) is 0 Å². The number of pyridine rings is 1. The zero-order valence-electron chi connectivity index (χ0n) is 18.1. The summed E-state index contributed by atoms with van der Waals surface area (Å²) in [7, 11) is 0. The average Bonchev–Trinajstić information content (AvgIpc) is 3.06. The minimum Gasteiger partial charge on any atom is -0.331 e. The number of allylic oxidation sites excluding steroid dienone is 3. The molecule has 0 fully saturated rings. The lowest BCUT2D eigenvalue weighted by atomic mass is 9.97. The van der Waals surface area contributed by atoms with E-state index in [1.807, 2.05) is 6.08 Å². The summed E-state index contributed by atoms with van der Waals surface area (Å²) < 4.78 is 15.9. The van der Waals surface area contributed by atoms with Crippen molar-refractivity contribution in [3.8, 4) is 0 Å². The standard InChI is InChI=1S/C25H23FIN3O3/c1-15(31)17-7-11-22(28-13-17)29-23(32)12-10-21-24-19(3-2-4-20(24)26)25(33)30(21)14-16-5-8-18(27)9-6-16/h2-5,7-9,11,13,16,21H,6,10,12,14H2,1H3,(H,28,29,32). The van der Waals surface area contributed by atoms with E-state index in [-0.39, 0.29) is 29.9 Å². The van der Waals surface area contributed by atoms with E-state index in [1.165, 1.54) is 19.2 Å². The number of rotatable bonds is 7. The molecule has 0 saturated heterocycles. The van der Waals surface area contributed by atoms with Gasteiger partial charge in [0, 0.05) is 39.4 Å². The molecule has 6 nitrogen and oxygen atoms in total. The number of nitrogens with zero attached hydrogens (tertiary/aromatic N) is 2. The summed E-state index contributed by atoms with van der Waals surface area (Å²) in [5, 5.41) is 2.70. The molecular weight excluding hydrogens is 536 g/mol. The quantitative estimate of drug-likeness (QED) is 0.372. The summed E-state index contributed by atoms with van der Waals surface area (Å²) in [5.74, 6) is -0.539. The topological polar surface area (TPSA) is 79.4 Å². The lowest BCUT2D eigenvalue weighted by molar-refractivity contribution is -0.116. The normalized spacial score (nSPS) is 19.3. The molecule has 2 atom stereocenters. The van der Waals surface area contributed by atoms with Gasteiger partial charge in [-0.2, -0.15) is 0 Å². The highest BCUT2D eigenvalue weighted by molar-refractivity contribution is 14.1. The molecule has 4 rings (SSSR count). The van der Waals surface area contributed by atoms with Crippen LogP contribution in [0.15, 0.2) is 58.3 Å². The van der Waals surface area contributed by atoms with Crippen LogP contribution in [0.4, 0.5) is 10.2 Å². The number of halogens is 2. The Balaban J connectivity index is 1.47. The number of carbonyl (C=O) groups excluding carboxylic acids is 3. The Morgan fingerprint density at radius 1 is 1.27 bits per heavy atom. The molecule has 0 spiro atoms. The maximum absolute atomic E-state index is 14.8. The number of amides is 2. The first-order valence-electron chi connectivity index (χ1n) is 10.7. The van der Waals surface area contributed by atoms with Gasteiger partial charge in [0.1, 0.15) is 11.6 Å². The molecule has 1 aromatic heterocycles. The van der Waals surface area contributed by atoms with Crippen LogP contribution in [-0.2, 0) is 4.79 Å². The molecule has 1 N–H and O–H groups in total. The Morgan fingerprint density at radius 3 is 2.76 bits per heavy atom. The number of fused-ring (bicyclic) bond motifs is 1. The second-order valence-electron chi connectivity index (χ2n) is 8.19. The van der Waals surface area contributed by atoms with Gasteiger partial charge in [-0.05, 0) is 72.5 Å². The van der Waals surface area contributed by atoms with E-state index in [4.69, 9.17) is 0 Å².